The quantitative estimate of drug-likeness (QED) is 0.845. The maximum atomic E-state index is 12.4. The fraction of sp³-hybridized carbons (Fsp3) is 0.556. The van der Waals surface area contributed by atoms with Gasteiger partial charge < -0.3 is 15.4 Å². The molecule has 128 valence electrons. The van der Waals surface area contributed by atoms with E-state index in [2.05, 4.69) is 10.6 Å². The molecule has 2 amide bonds. The number of carbonyl (C=O) groups excluding carboxylic acids is 2. The van der Waals surface area contributed by atoms with Crippen LogP contribution in [0.3, 0.4) is 0 Å². The summed E-state index contributed by atoms with van der Waals surface area (Å²) < 4.78 is 5.25. The lowest BCUT2D eigenvalue weighted by Crippen LogP contribution is -2.51. The molecule has 0 unspecified atom stereocenters. The average molecular weight is 320 g/mol. The minimum atomic E-state index is -0.612. The van der Waals surface area contributed by atoms with Gasteiger partial charge in [-0.05, 0) is 32.3 Å². The molecular weight excluding hydrogens is 292 g/mol. The third-order valence-electron chi connectivity index (χ3n) is 3.48. The van der Waals surface area contributed by atoms with Crippen LogP contribution in [-0.4, -0.2) is 23.6 Å². The van der Waals surface area contributed by atoms with Gasteiger partial charge in [0.15, 0.2) is 0 Å². The molecule has 2 atom stereocenters. The van der Waals surface area contributed by atoms with Crippen LogP contribution in [0.1, 0.15) is 46.6 Å². The summed E-state index contributed by atoms with van der Waals surface area (Å²) in [5, 5.41) is 5.56. The number of hydrogen-bond donors (Lipinski definition) is 2. The van der Waals surface area contributed by atoms with Gasteiger partial charge in [0.25, 0.3) is 0 Å². The summed E-state index contributed by atoms with van der Waals surface area (Å²) in [7, 11) is 0. The van der Waals surface area contributed by atoms with E-state index in [4.69, 9.17) is 4.74 Å². The van der Waals surface area contributed by atoms with Crippen molar-refractivity contribution in [1.29, 1.82) is 0 Å². The van der Waals surface area contributed by atoms with Gasteiger partial charge >= 0.3 is 6.09 Å². The minimum Gasteiger partial charge on any atom is -0.444 e. The van der Waals surface area contributed by atoms with E-state index in [1.807, 2.05) is 44.2 Å². The van der Waals surface area contributed by atoms with E-state index in [0.29, 0.717) is 6.54 Å². The van der Waals surface area contributed by atoms with Crippen molar-refractivity contribution >= 4 is 12.0 Å². The molecule has 0 aliphatic rings. The second-order valence-electron chi connectivity index (χ2n) is 6.71. The lowest BCUT2D eigenvalue weighted by Gasteiger charge is -2.26. The van der Waals surface area contributed by atoms with Gasteiger partial charge in [0.05, 0.1) is 0 Å². The molecule has 0 heterocycles. The van der Waals surface area contributed by atoms with E-state index in [-0.39, 0.29) is 11.8 Å². The Morgan fingerprint density at radius 1 is 1.17 bits per heavy atom. The van der Waals surface area contributed by atoms with Crippen LogP contribution >= 0.6 is 0 Å². The standard InChI is InChI=1S/C18H28N2O3/c1-6-13(2)15(20-17(22)23-18(3,4)5)16(21)19-12-14-10-8-7-9-11-14/h7-11,13,15H,6,12H2,1-5H3,(H,19,21)(H,20,22)/t13-,15+/m1/s1. The van der Waals surface area contributed by atoms with E-state index in [1.165, 1.54) is 0 Å². The van der Waals surface area contributed by atoms with Crippen LogP contribution in [-0.2, 0) is 16.1 Å². The van der Waals surface area contributed by atoms with Crippen LogP contribution in [0.4, 0.5) is 4.79 Å². The van der Waals surface area contributed by atoms with Crippen molar-refractivity contribution in [1.82, 2.24) is 10.6 Å². The molecule has 0 saturated carbocycles. The molecule has 2 N–H and O–H groups in total. The number of ether oxygens (including phenoxy) is 1. The molecule has 0 fully saturated rings. The summed E-state index contributed by atoms with van der Waals surface area (Å²) in [6, 6.07) is 9.05. The van der Waals surface area contributed by atoms with Crippen LogP contribution in [0, 0.1) is 5.92 Å². The van der Waals surface area contributed by atoms with Gasteiger partial charge in [-0.15, -0.1) is 0 Å². The second-order valence-corrected chi connectivity index (χ2v) is 6.71. The highest BCUT2D eigenvalue weighted by Gasteiger charge is 2.27. The van der Waals surface area contributed by atoms with E-state index in [0.717, 1.165) is 12.0 Å². The molecule has 5 heteroatoms. The van der Waals surface area contributed by atoms with Crippen LogP contribution in [0.5, 0.6) is 0 Å². The Hall–Kier alpha value is -2.04. The van der Waals surface area contributed by atoms with Gasteiger partial charge in [-0.2, -0.15) is 0 Å². The van der Waals surface area contributed by atoms with E-state index < -0.39 is 17.7 Å². The third kappa shape index (κ3) is 7.17. The van der Waals surface area contributed by atoms with Gasteiger partial charge in [0.1, 0.15) is 11.6 Å². The lowest BCUT2D eigenvalue weighted by atomic mass is 9.98. The molecular formula is C18H28N2O3. The van der Waals surface area contributed by atoms with Crippen molar-refractivity contribution in [2.45, 2.75) is 59.2 Å². The number of benzene rings is 1. The number of rotatable bonds is 6. The molecule has 0 aliphatic carbocycles. The topological polar surface area (TPSA) is 67.4 Å². The van der Waals surface area contributed by atoms with Gasteiger partial charge in [0.2, 0.25) is 5.91 Å². The molecule has 23 heavy (non-hydrogen) atoms. The molecule has 0 saturated heterocycles. The average Bonchev–Trinajstić information content (AvgIpc) is 2.49. The summed E-state index contributed by atoms with van der Waals surface area (Å²) in [4.78, 5) is 24.4. The SMILES string of the molecule is CC[C@@H](C)[C@H](NC(=O)OC(C)(C)C)C(=O)NCc1ccccc1. The van der Waals surface area contributed by atoms with E-state index in [9.17, 15) is 9.59 Å². The summed E-state index contributed by atoms with van der Waals surface area (Å²) in [6.45, 7) is 9.73. The summed E-state index contributed by atoms with van der Waals surface area (Å²) >= 11 is 0. The first-order valence-electron chi connectivity index (χ1n) is 8.04. The third-order valence-corrected chi connectivity index (χ3v) is 3.48. The Labute approximate surface area is 138 Å². The first kappa shape index (κ1) is 19.0. The minimum absolute atomic E-state index is 0.0123. The number of alkyl carbamates (subject to hydrolysis) is 1. The number of hydrogen-bond acceptors (Lipinski definition) is 3. The Balaban J connectivity index is 2.65. The molecule has 0 bridgehead atoms. The van der Waals surface area contributed by atoms with Crippen molar-refractivity contribution in [2.75, 3.05) is 0 Å². The normalized spacial score (nSPS) is 13.8. The molecule has 1 aromatic carbocycles. The zero-order valence-corrected chi connectivity index (χ0v) is 14.7. The highest BCUT2D eigenvalue weighted by atomic mass is 16.6. The summed E-state index contributed by atoms with van der Waals surface area (Å²) in [5.41, 5.74) is 0.422. The van der Waals surface area contributed by atoms with Crippen molar-refractivity contribution in [3.8, 4) is 0 Å². The monoisotopic (exact) mass is 320 g/mol. The predicted octanol–water partition coefficient (Wildman–Crippen LogP) is 3.24. The largest absolute Gasteiger partial charge is 0.444 e. The maximum absolute atomic E-state index is 12.4. The van der Waals surface area contributed by atoms with Crippen LogP contribution in [0.2, 0.25) is 0 Å². The lowest BCUT2D eigenvalue weighted by molar-refractivity contribution is -0.124. The Morgan fingerprint density at radius 2 is 1.78 bits per heavy atom. The first-order chi connectivity index (χ1) is 10.7. The fourth-order valence-corrected chi connectivity index (χ4v) is 2.03. The summed E-state index contributed by atoms with van der Waals surface area (Å²) in [5.74, 6) is -0.188. The molecule has 1 rings (SSSR count). The zero-order chi connectivity index (χ0) is 17.5. The number of nitrogens with one attached hydrogen (secondary N) is 2. The van der Waals surface area contributed by atoms with Crippen molar-refractivity contribution in [3.63, 3.8) is 0 Å². The number of amides is 2. The maximum Gasteiger partial charge on any atom is 0.408 e. The van der Waals surface area contributed by atoms with Crippen LogP contribution < -0.4 is 10.6 Å². The Bertz CT molecular complexity index is 509. The molecule has 0 radical (unpaired) electrons. The highest BCUT2D eigenvalue weighted by Crippen LogP contribution is 2.11. The highest BCUT2D eigenvalue weighted by molar-refractivity contribution is 5.85. The second kappa shape index (κ2) is 8.56. The predicted molar refractivity (Wildman–Crippen MR) is 90.9 cm³/mol. The van der Waals surface area contributed by atoms with Gasteiger partial charge in [0, 0.05) is 6.54 Å². The molecule has 1 aromatic rings. The van der Waals surface area contributed by atoms with E-state index in [1.54, 1.807) is 20.8 Å². The Kier molecular flexibility index (Phi) is 7.07. The van der Waals surface area contributed by atoms with Gasteiger partial charge in [-0.25, -0.2) is 4.79 Å². The van der Waals surface area contributed by atoms with E-state index >= 15 is 0 Å². The smallest absolute Gasteiger partial charge is 0.408 e. The number of carbonyl (C=O) groups is 2. The zero-order valence-electron chi connectivity index (χ0n) is 14.7. The molecule has 0 aromatic heterocycles. The van der Waals surface area contributed by atoms with Gasteiger partial charge in [-0.3, -0.25) is 4.79 Å². The molecule has 0 spiro atoms. The van der Waals surface area contributed by atoms with Crippen LogP contribution in [0.25, 0.3) is 0 Å². The van der Waals surface area contributed by atoms with Gasteiger partial charge in [-0.1, -0.05) is 50.6 Å². The van der Waals surface area contributed by atoms with Crippen LogP contribution in [0.15, 0.2) is 30.3 Å². The van der Waals surface area contributed by atoms with Crippen molar-refractivity contribution < 1.29 is 14.3 Å². The Morgan fingerprint density at radius 3 is 2.30 bits per heavy atom. The molecule has 5 nitrogen and oxygen atoms in total. The van der Waals surface area contributed by atoms with Crippen molar-refractivity contribution in [2.24, 2.45) is 5.92 Å². The summed E-state index contributed by atoms with van der Waals surface area (Å²) in [6.07, 6.45) is 0.205. The first-order valence-corrected chi connectivity index (χ1v) is 8.04. The fourth-order valence-electron chi connectivity index (χ4n) is 2.03. The molecule has 0 aliphatic heterocycles. The van der Waals surface area contributed by atoms with Crippen molar-refractivity contribution in [3.05, 3.63) is 35.9 Å².